The highest BCUT2D eigenvalue weighted by atomic mass is 16.5. The number of Topliss-reactive ketones (excluding diaryl/α,β-unsaturated/α-hetero) is 1. The fourth-order valence-corrected chi connectivity index (χ4v) is 2.62. The first kappa shape index (κ1) is 19.2. The molecule has 0 aliphatic carbocycles. The summed E-state index contributed by atoms with van der Waals surface area (Å²) in [6.45, 7) is 2.11. The predicted molar refractivity (Wildman–Crippen MR) is 109 cm³/mol. The Kier molecular flexibility index (Phi) is 6.06. The van der Waals surface area contributed by atoms with Crippen molar-refractivity contribution in [2.24, 2.45) is 0 Å². The minimum Gasteiger partial charge on any atom is -0.493 e. The van der Waals surface area contributed by atoms with Crippen molar-refractivity contribution >= 4 is 23.2 Å². The molecule has 0 aliphatic heterocycles. The van der Waals surface area contributed by atoms with Crippen molar-refractivity contribution in [1.82, 2.24) is 9.97 Å². The van der Waals surface area contributed by atoms with Gasteiger partial charge in [-0.25, -0.2) is 4.98 Å². The van der Waals surface area contributed by atoms with Crippen LogP contribution in [0.15, 0.2) is 54.7 Å². The molecule has 0 amide bonds. The number of methoxy groups -OCH3 is 2. The van der Waals surface area contributed by atoms with Gasteiger partial charge in [0, 0.05) is 24.0 Å². The molecule has 7 heteroatoms. The number of hydrogen-bond donors (Lipinski definition) is 2. The maximum atomic E-state index is 11.4. The number of rotatable bonds is 8. The van der Waals surface area contributed by atoms with Gasteiger partial charge in [0.1, 0.15) is 5.82 Å². The van der Waals surface area contributed by atoms with E-state index in [2.05, 4.69) is 20.6 Å². The summed E-state index contributed by atoms with van der Waals surface area (Å²) in [6.07, 6.45) is 1.68. The summed E-state index contributed by atoms with van der Waals surface area (Å²) in [4.78, 5) is 20.0. The van der Waals surface area contributed by atoms with Gasteiger partial charge in [0.15, 0.2) is 17.3 Å². The van der Waals surface area contributed by atoms with E-state index in [0.717, 1.165) is 11.3 Å². The molecule has 0 unspecified atom stereocenters. The Hall–Kier alpha value is -3.61. The standard InChI is InChI=1S/C21H22N4O3/c1-14(26)16-5-7-17(8-6-16)24-21-22-11-10-20(25-21)23-13-15-4-9-18(27-2)19(12-15)28-3/h4-12H,13H2,1-3H3,(H2,22,23,24,25). The summed E-state index contributed by atoms with van der Waals surface area (Å²) in [6, 6.07) is 14.7. The molecule has 3 rings (SSSR count). The van der Waals surface area contributed by atoms with E-state index in [1.807, 2.05) is 30.3 Å². The number of aromatic nitrogens is 2. The fourth-order valence-electron chi connectivity index (χ4n) is 2.62. The Morgan fingerprint density at radius 2 is 1.75 bits per heavy atom. The summed E-state index contributed by atoms with van der Waals surface area (Å²) in [5.41, 5.74) is 2.50. The van der Waals surface area contributed by atoms with Crippen molar-refractivity contribution in [3.05, 3.63) is 65.9 Å². The molecular weight excluding hydrogens is 356 g/mol. The highest BCUT2D eigenvalue weighted by molar-refractivity contribution is 5.94. The lowest BCUT2D eigenvalue weighted by Gasteiger charge is -2.11. The Morgan fingerprint density at radius 3 is 2.43 bits per heavy atom. The van der Waals surface area contributed by atoms with Gasteiger partial charge in [0.05, 0.1) is 14.2 Å². The van der Waals surface area contributed by atoms with Gasteiger partial charge in [-0.1, -0.05) is 6.07 Å². The Bertz CT molecular complexity index is 958. The van der Waals surface area contributed by atoms with Gasteiger partial charge in [-0.3, -0.25) is 4.79 Å². The zero-order valence-corrected chi connectivity index (χ0v) is 16.0. The molecule has 144 valence electrons. The molecule has 28 heavy (non-hydrogen) atoms. The monoisotopic (exact) mass is 378 g/mol. The number of nitrogens with zero attached hydrogens (tertiary/aromatic N) is 2. The number of nitrogens with one attached hydrogen (secondary N) is 2. The molecule has 0 saturated carbocycles. The summed E-state index contributed by atoms with van der Waals surface area (Å²) >= 11 is 0. The lowest BCUT2D eigenvalue weighted by molar-refractivity contribution is 0.101. The van der Waals surface area contributed by atoms with E-state index >= 15 is 0 Å². The van der Waals surface area contributed by atoms with E-state index in [0.29, 0.717) is 35.4 Å². The Labute approximate surface area is 163 Å². The van der Waals surface area contributed by atoms with Gasteiger partial charge >= 0.3 is 0 Å². The molecule has 2 N–H and O–H groups in total. The van der Waals surface area contributed by atoms with Gasteiger partial charge in [-0.05, 0) is 55.0 Å². The summed E-state index contributed by atoms with van der Waals surface area (Å²) in [5, 5.41) is 6.40. The van der Waals surface area contributed by atoms with E-state index in [-0.39, 0.29) is 5.78 Å². The molecule has 7 nitrogen and oxygen atoms in total. The Morgan fingerprint density at radius 1 is 1.00 bits per heavy atom. The summed E-state index contributed by atoms with van der Waals surface area (Å²) in [5.74, 6) is 2.56. The van der Waals surface area contributed by atoms with Crippen LogP contribution in [0.25, 0.3) is 0 Å². The minimum atomic E-state index is 0.0316. The molecule has 0 spiro atoms. The topological polar surface area (TPSA) is 85.4 Å². The maximum absolute atomic E-state index is 11.4. The van der Waals surface area contributed by atoms with Crippen LogP contribution in [0.2, 0.25) is 0 Å². The maximum Gasteiger partial charge on any atom is 0.229 e. The number of ether oxygens (including phenoxy) is 2. The van der Waals surface area contributed by atoms with Crippen LogP contribution in [0.5, 0.6) is 11.5 Å². The van der Waals surface area contributed by atoms with Crippen LogP contribution in [0.1, 0.15) is 22.8 Å². The zero-order valence-electron chi connectivity index (χ0n) is 16.0. The van der Waals surface area contributed by atoms with Gasteiger partial charge < -0.3 is 20.1 Å². The van der Waals surface area contributed by atoms with Crippen molar-refractivity contribution < 1.29 is 14.3 Å². The summed E-state index contributed by atoms with van der Waals surface area (Å²) in [7, 11) is 3.22. The Balaban J connectivity index is 1.65. The second-order valence-corrected chi connectivity index (χ2v) is 6.07. The van der Waals surface area contributed by atoms with E-state index in [1.165, 1.54) is 0 Å². The van der Waals surface area contributed by atoms with Crippen LogP contribution in [0, 0.1) is 0 Å². The number of hydrogen-bond acceptors (Lipinski definition) is 7. The number of carbonyl (C=O) groups excluding carboxylic acids is 1. The molecular formula is C21H22N4O3. The first-order valence-electron chi connectivity index (χ1n) is 8.75. The highest BCUT2D eigenvalue weighted by Crippen LogP contribution is 2.27. The van der Waals surface area contributed by atoms with Gasteiger partial charge in [-0.2, -0.15) is 4.98 Å². The first-order valence-corrected chi connectivity index (χ1v) is 8.75. The van der Waals surface area contributed by atoms with Crippen molar-refractivity contribution in [3.63, 3.8) is 0 Å². The number of ketones is 1. The normalized spacial score (nSPS) is 10.2. The zero-order chi connectivity index (χ0) is 19.9. The third-order valence-corrected chi connectivity index (χ3v) is 4.12. The quantitative estimate of drug-likeness (QED) is 0.572. The van der Waals surface area contributed by atoms with Crippen LogP contribution in [0.4, 0.5) is 17.5 Å². The molecule has 0 atom stereocenters. The predicted octanol–water partition coefficient (Wildman–Crippen LogP) is 4.05. The molecule has 1 aromatic heterocycles. The molecule has 2 aromatic carbocycles. The smallest absolute Gasteiger partial charge is 0.229 e. The van der Waals surface area contributed by atoms with Crippen LogP contribution in [-0.2, 0) is 6.54 Å². The van der Waals surface area contributed by atoms with Crippen molar-refractivity contribution in [3.8, 4) is 11.5 Å². The van der Waals surface area contributed by atoms with Gasteiger partial charge in [-0.15, -0.1) is 0 Å². The molecule has 1 heterocycles. The number of carbonyl (C=O) groups is 1. The van der Waals surface area contributed by atoms with Gasteiger partial charge in [0.25, 0.3) is 0 Å². The molecule has 0 aliphatic rings. The largest absolute Gasteiger partial charge is 0.493 e. The minimum absolute atomic E-state index is 0.0316. The second-order valence-electron chi connectivity index (χ2n) is 6.07. The lowest BCUT2D eigenvalue weighted by Crippen LogP contribution is -2.04. The second kappa shape index (κ2) is 8.85. The molecule has 0 saturated heterocycles. The SMILES string of the molecule is COc1ccc(CNc2ccnc(Nc3ccc(C(C)=O)cc3)n2)cc1OC. The van der Waals surface area contributed by atoms with Crippen LogP contribution in [-0.4, -0.2) is 30.0 Å². The summed E-state index contributed by atoms with van der Waals surface area (Å²) < 4.78 is 10.6. The lowest BCUT2D eigenvalue weighted by atomic mass is 10.1. The average Bonchev–Trinajstić information content (AvgIpc) is 2.72. The number of anilines is 3. The van der Waals surface area contributed by atoms with E-state index in [9.17, 15) is 4.79 Å². The van der Waals surface area contributed by atoms with Crippen LogP contribution >= 0.6 is 0 Å². The van der Waals surface area contributed by atoms with E-state index in [1.54, 1.807) is 45.5 Å². The molecule has 0 radical (unpaired) electrons. The first-order chi connectivity index (χ1) is 13.6. The highest BCUT2D eigenvalue weighted by Gasteiger charge is 2.06. The van der Waals surface area contributed by atoms with Crippen molar-refractivity contribution in [2.45, 2.75) is 13.5 Å². The third-order valence-electron chi connectivity index (χ3n) is 4.12. The van der Waals surface area contributed by atoms with Crippen LogP contribution < -0.4 is 20.1 Å². The fraction of sp³-hybridized carbons (Fsp3) is 0.190. The average molecular weight is 378 g/mol. The number of benzene rings is 2. The van der Waals surface area contributed by atoms with Crippen LogP contribution in [0.3, 0.4) is 0 Å². The van der Waals surface area contributed by atoms with E-state index in [4.69, 9.17) is 9.47 Å². The van der Waals surface area contributed by atoms with Crippen molar-refractivity contribution in [2.75, 3.05) is 24.9 Å². The third kappa shape index (κ3) is 4.76. The molecule has 0 bridgehead atoms. The van der Waals surface area contributed by atoms with Crippen molar-refractivity contribution in [1.29, 1.82) is 0 Å². The molecule has 0 fully saturated rings. The van der Waals surface area contributed by atoms with Gasteiger partial charge in [0.2, 0.25) is 5.95 Å². The molecule has 3 aromatic rings. The van der Waals surface area contributed by atoms with E-state index < -0.39 is 0 Å².